The highest BCUT2D eigenvalue weighted by atomic mass is 16.5. The Labute approximate surface area is 169 Å². The largest absolute Gasteiger partial charge is 0.506 e. The highest BCUT2D eigenvalue weighted by molar-refractivity contribution is 6.25. The summed E-state index contributed by atoms with van der Waals surface area (Å²) in [6.07, 6.45) is 1.23. The first-order valence-corrected chi connectivity index (χ1v) is 9.27. The minimum Gasteiger partial charge on any atom is -0.506 e. The molecule has 146 valence electrons. The minimum absolute atomic E-state index is 0.00998. The molecule has 0 radical (unpaired) electrons. The van der Waals surface area contributed by atoms with E-state index in [1.54, 1.807) is 43.3 Å². The number of ether oxygens (including phenoxy) is 1. The van der Waals surface area contributed by atoms with Gasteiger partial charge < -0.3 is 9.84 Å². The maximum absolute atomic E-state index is 13.0. The number of ketones is 1. The normalized spacial score (nSPS) is 12.0. The molecule has 0 aliphatic heterocycles. The zero-order valence-electron chi connectivity index (χ0n) is 16.0. The fourth-order valence-corrected chi connectivity index (χ4v) is 2.88. The number of fused-ring (bicyclic) bond motifs is 1. The number of Topliss-reactive ketones (excluding diaryl/α,β-unsaturated/α-hetero) is 1. The Balaban J connectivity index is 2.02. The number of hydrogen-bond acceptors (Lipinski definition) is 5. The number of allylic oxidation sites excluding steroid dienone is 1. The smallest absolute Gasteiger partial charge is 0.327 e. The molecule has 3 rings (SSSR count). The van der Waals surface area contributed by atoms with Crippen molar-refractivity contribution in [3.05, 3.63) is 89.5 Å². The Kier molecular flexibility index (Phi) is 6.53. The van der Waals surface area contributed by atoms with Gasteiger partial charge in [0, 0.05) is 17.3 Å². The van der Waals surface area contributed by atoms with Crippen molar-refractivity contribution in [1.29, 1.82) is 0 Å². The number of benzene rings is 3. The molecule has 0 saturated carbocycles. The summed E-state index contributed by atoms with van der Waals surface area (Å²) in [6, 6.07) is 21.8. The number of rotatable bonds is 7. The van der Waals surface area contributed by atoms with Crippen molar-refractivity contribution in [2.45, 2.75) is 6.92 Å². The van der Waals surface area contributed by atoms with E-state index in [9.17, 15) is 14.7 Å². The van der Waals surface area contributed by atoms with Crippen LogP contribution in [0.2, 0.25) is 0 Å². The summed E-state index contributed by atoms with van der Waals surface area (Å²) in [4.78, 5) is 28.6. The van der Waals surface area contributed by atoms with Gasteiger partial charge in [-0.05, 0) is 23.8 Å². The van der Waals surface area contributed by atoms with E-state index >= 15 is 0 Å². The molecule has 0 atom stereocenters. The molecular weight excluding hydrogens is 366 g/mol. The van der Waals surface area contributed by atoms with Crippen LogP contribution in [-0.4, -0.2) is 36.2 Å². The number of aliphatic hydroxyl groups is 1. The van der Waals surface area contributed by atoms with E-state index in [0.29, 0.717) is 11.1 Å². The summed E-state index contributed by atoms with van der Waals surface area (Å²) < 4.78 is 4.85. The Morgan fingerprint density at radius 1 is 0.931 bits per heavy atom. The van der Waals surface area contributed by atoms with Crippen molar-refractivity contribution in [2.24, 2.45) is 4.99 Å². The van der Waals surface area contributed by atoms with Gasteiger partial charge in [-0.25, -0.2) is 0 Å². The lowest BCUT2D eigenvalue weighted by molar-refractivity contribution is -0.141. The Bertz CT molecular complexity index is 1080. The second-order valence-electron chi connectivity index (χ2n) is 6.29. The number of aliphatic imine (C=N–C) groups is 1. The van der Waals surface area contributed by atoms with Crippen LogP contribution in [0.1, 0.15) is 22.8 Å². The summed E-state index contributed by atoms with van der Waals surface area (Å²) >= 11 is 0. The quantitative estimate of drug-likeness (QED) is 0.211. The molecule has 0 unspecified atom stereocenters. The molecule has 5 heteroatoms. The van der Waals surface area contributed by atoms with Gasteiger partial charge in [-0.3, -0.25) is 14.6 Å². The third-order valence-electron chi connectivity index (χ3n) is 4.30. The van der Waals surface area contributed by atoms with E-state index in [1.807, 2.05) is 36.4 Å². The highest BCUT2D eigenvalue weighted by Gasteiger charge is 2.17. The first-order chi connectivity index (χ1) is 14.1. The van der Waals surface area contributed by atoms with Gasteiger partial charge in [0.05, 0.1) is 12.2 Å². The van der Waals surface area contributed by atoms with Crippen LogP contribution in [0.25, 0.3) is 16.5 Å². The molecule has 3 aromatic rings. The molecular formula is C24H21NO4. The topological polar surface area (TPSA) is 76.0 Å². The number of aliphatic hydroxyl groups excluding tert-OH is 1. The number of carbonyl (C=O) groups is 2. The van der Waals surface area contributed by atoms with Gasteiger partial charge in [0.15, 0.2) is 5.78 Å². The maximum Gasteiger partial charge on any atom is 0.327 e. The van der Waals surface area contributed by atoms with E-state index in [2.05, 4.69) is 4.99 Å². The minimum atomic E-state index is -0.500. The number of carbonyl (C=O) groups excluding carboxylic acids is 2. The summed E-state index contributed by atoms with van der Waals surface area (Å²) in [7, 11) is 0. The summed E-state index contributed by atoms with van der Waals surface area (Å²) in [5.41, 5.74) is 0.916. The molecule has 29 heavy (non-hydrogen) atoms. The van der Waals surface area contributed by atoms with Crippen LogP contribution in [0, 0.1) is 0 Å². The molecule has 5 nitrogen and oxygen atoms in total. The van der Waals surface area contributed by atoms with Crippen molar-refractivity contribution >= 4 is 34.5 Å². The van der Waals surface area contributed by atoms with Gasteiger partial charge in [-0.15, -0.1) is 0 Å². The highest BCUT2D eigenvalue weighted by Crippen LogP contribution is 2.23. The van der Waals surface area contributed by atoms with Gasteiger partial charge in [0.1, 0.15) is 12.3 Å². The zero-order chi connectivity index (χ0) is 20.6. The predicted molar refractivity (Wildman–Crippen MR) is 114 cm³/mol. The SMILES string of the molecule is CCOC(=O)CN=C/C(C(=O)c1ccccc1)=C(/O)c1ccc2ccccc2c1. The van der Waals surface area contributed by atoms with Gasteiger partial charge in [0.25, 0.3) is 0 Å². The van der Waals surface area contributed by atoms with Crippen LogP contribution < -0.4 is 0 Å². The van der Waals surface area contributed by atoms with E-state index in [-0.39, 0.29) is 30.3 Å². The second kappa shape index (κ2) is 9.46. The lowest BCUT2D eigenvalue weighted by Gasteiger charge is -2.08. The molecule has 3 aromatic carbocycles. The van der Waals surface area contributed by atoms with Crippen molar-refractivity contribution < 1.29 is 19.4 Å². The fraction of sp³-hybridized carbons (Fsp3) is 0.125. The van der Waals surface area contributed by atoms with Crippen molar-refractivity contribution in [3.63, 3.8) is 0 Å². The first kappa shape index (κ1) is 20.0. The Hall–Kier alpha value is -3.73. The lowest BCUT2D eigenvalue weighted by atomic mass is 9.98. The van der Waals surface area contributed by atoms with Crippen LogP contribution in [-0.2, 0) is 9.53 Å². The summed E-state index contributed by atoms with van der Waals surface area (Å²) in [5.74, 6) is -1.08. The van der Waals surface area contributed by atoms with Gasteiger partial charge in [-0.1, -0.05) is 66.7 Å². The van der Waals surface area contributed by atoms with E-state index in [4.69, 9.17) is 4.74 Å². The summed E-state index contributed by atoms with van der Waals surface area (Å²) in [5, 5.41) is 12.9. The standard InChI is InChI=1S/C24H21NO4/c1-2-29-22(26)16-25-15-21(23(27)18-9-4-3-5-10-18)24(28)20-13-12-17-8-6-7-11-19(17)14-20/h3-15,28H,2,16H2,1H3/b24-21-,25-15?. The van der Waals surface area contributed by atoms with Gasteiger partial charge >= 0.3 is 5.97 Å². The molecule has 1 N–H and O–H groups in total. The summed E-state index contributed by atoms with van der Waals surface area (Å²) in [6.45, 7) is 1.73. The van der Waals surface area contributed by atoms with Gasteiger partial charge in [0.2, 0.25) is 0 Å². The van der Waals surface area contributed by atoms with Crippen LogP contribution in [0.4, 0.5) is 0 Å². The third kappa shape index (κ3) is 4.96. The molecule has 0 spiro atoms. The average Bonchev–Trinajstić information content (AvgIpc) is 2.76. The molecule has 0 fully saturated rings. The van der Waals surface area contributed by atoms with E-state index in [1.165, 1.54) is 6.21 Å². The molecule has 0 aromatic heterocycles. The van der Waals surface area contributed by atoms with E-state index in [0.717, 1.165) is 10.8 Å². The average molecular weight is 387 g/mol. The predicted octanol–water partition coefficient (Wildman–Crippen LogP) is 4.63. The van der Waals surface area contributed by atoms with E-state index < -0.39 is 5.97 Å². The lowest BCUT2D eigenvalue weighted by Crippen LogP contribution is -2.11. The second-order valence-corrected chi connectivity index (χ2v) is 6.29. The number of nitrogens with zero attached hydrogens (tertiary/aromatic N) is 1. The van der Waals surface area contributed by atoms with Crippen LogP contribution >= 0.6 is 0 Å². The third-order valence-corrected chi connectivity index (χ3v) is 4.30. The van der Waals surface area contributed by atoms with Crippen molar-refractivity contribution in [1.82, 2.24) is 0 Å². The van der Waals surface area contributed by atoms with Crippen molar-refractivity contribution in [3.8, 4) is 0 Å². The monoisotopic (exact) mass is 387 g/mol. The number of esters is 1. The Morgan fingerprint density at radius 2 is 1.62 bits per heavy atom. The van der Waals surface area contributed by atoms with Crippen LogP contribution in [0.3, 0.4) is 0 Å². The van der Waals surface area contributed by atoms with Gasteiger partial charge in [-0.2, -0.15) is 0 Å². The van der Waals surface area contributed by atoms with Crippen LogP contribution in [0.5, 0.6) is 0 Å². The maximum atomic E-state index is 13.0. The number of hydrogen-bond donors (Lipinski definition) is 1. The first-order valence-electron chi connectivity index (χ1n) is 9.27. The molecule has 0 bridgehead atoms. The van der Waals surface area contributed by atoms with Crippen LogP contribution in [0.15, 0.2) is 83.4 Å². The molecule has 0 aliphatic rings. The zero-order valence-corrected chi connectivity index (χ0v) is 16.0. The Morgan fingerprint density at radius 3 is 2.34 bits per heavy atom. The molecule has 0 heterocycles. The molecule has 0 saturated heterocycles. The molecule has 0 aliphatic carbocycles. The molecule has 0 amide bonds. The fourth-order valence-electron chi connectivity index (χ4n) is 2.88. The van der Waals surface area contributed by atoms with Crippen molar-refractivity contribution in [2.75, 3.05) is 13.2 Å².